The van der Waals surface area contributed by atoms with E-state index in [0.717, 1.165) is 51.6 Å². The fourth-order valence-electron chi connectivity index (χ4n) is 5.83. The zero-order chi connectivity index (χ0) is 22.8. The van der Waals surface area contributed by atoms with Gasteiger partial charge in [0.2, 0.25) is 17.5 Å². The molecule has 2 heterocycles. The molecule has 2 saturated heterocycles. The minimum Gasteiger partial charge on any atom is -0.355 e. The van der Waals surface area contributed by atoms with Crippen LogP contribution in [0.25, 0.3) is 0 Å². The minimum absolute atomic E-state index is 0.167. The lowest BCUT2D eigenvalue weighted by Crippen LogP contribution is -2.52. The van der Waals surface area contributed by atoms with Gasteiger partial charge in [0.25, 0.3) is 0 Å². The normalized spacial score (nSPS) is 27.8. The van der Waals surface area contributed by atoms with Crippen molar-refractivity contribution in [1.29, 1.82) is 0 Å². The zero-order valence-electron chi connectivity index (χ0n) is 20.6. The molecule has 7 nitrogen and oxygen atoms in total. The Bertz CT molecular complexity index is 563. The van der Waals surface area contributed by atoms with E-state index in [1.807, 2.05) is 0 Å². The maximum Gasteiger partial charge on any atom is 0.234 e. The van der Waals surface area contributed by atoms with Crippen LogP contribution < -0.4 is 5.32 Å². The highest BCUT2D eigenvalue weighted by molar-refractivity contribution is 5.76. The van der Waals surface area contributed by atoms with Gasteiger partial charge in [-0.1, -0.05) is 44.9 Å². The van der Waals surface area contributed by atoms with Crippen molar-refractivity contribution in [3.8, 4) is 0 Å². The summed E-state index contributed by atoms with van der Waals surface area (Å²) in [6.45, 7) is 4.07. The van der Waals surface area contributed by atoms with Crippen molar-refractivity contribution >= 4 is 5.91 Å². The van der Waals surface area contributed by atoms with Gasteiger partial charge in [-0.3, -0.25) is 4.79 Å². The third kappa shape index (κ3) is 7.89. The van der Waals surface area contributed by atoms with E-state index in [0.29, 0.717) is 25.2 Å². The van der Waals surface area contributed by atoms with Crippen LogP contribution in [0.2, 0.25) is 0 Å². The summed E-state index contributed by atoms with van der Waals surface area (Å²) in [6, 6.07) is 0. The summed E-state index contributed by atoms with van der Waals surface area (Å²) in [5.41, 5.74) is 0. The van der Waals surface area contributed by atoms with E-state index in [2.05, 4.69) is 10.2 Å². The molecule has 7 heteroatoms. The Morgan fingerprint density at radius 2 is 1.18 bits per heavy atom. The quantitative estimate of drug-likeness (QED) is 0.548. The highest BCUT2D eigenvalue weighted by Crippen LogP contribution is 2.44. The second-order valence-corrected chi connectivity index (χ2v) is 10.9. The molecule has 0 aromatic heterocycles. The van der Waals surface area contributed by atoms with Crippen molar-refractivity contribution in [3.05, 3.63) is 0 Å². The van der Waals surface area contributed by atoms with Crippen LogP contribution in [0.15, 0.2) is 0 Å². The summed E-state index contributed by atoms with van der Waals surface area (Å²) < 4.78 is 0. The molecule has 2 aliphatic heterocycles. The van der Waals surface area contributed by atoms with Gasteiger partial charge in [0, 0.05) is 45.2 Å². The highest BCUT2D eigenvalue weighted by atomic mass is 17.4. The molecule has 2 spiro atoms. The van der Waals surface area contributed by atoms with Gasteiger partial charge in [0.05, 0.1) is 0 Å². The number of amides is 1. The number of nitrogens with one attached hydrogen (secondary N) is 1. The number of nitrogens with zero attached hydrogens (tertiary/aromatic N) is 1. The van der Waals surface area contributed by atoms with Gasteiger partial charge in [0.1, 0.15) is 0 Å². The molecule has 0 aromatic carbocycles. The van der Waals surface area contributed by atoms with Crippen LogP contribution >= 0.6 is 0 Å². The number of hydrogen-bond acceptors (Lipinski definition) is 6. The van der Waals surface area contributed by atoms with Gasteiger partial charge in [-0.2, -0.15) is 19.6 Å². The molecule has 2 aliphatic carbocycles. The Labute approximate surface area is 200 Å². The molecule has 1 N–H and O–H groups in total. The minimum atomic E-state index is -0.808. The SMILES string of the molecule is O=C(CC1CCC2(CC1)OOC1(CCCCCCCCCCC1)OO2)NCCN1CCCC1. The monoisotopic (exact) mass is 466 g/mol. The van der Waals surface area contributed by atoms with E-state index in [4.69, 9.17) is 19.6 Å². The number of likely N-dealkylation sites (tertiary alicyclic amines) is 1. The topological polar surface area (TPSA) is 69.3 Å². The summed E-state index contributed by atoms with van der Waals surface area (Å²) in [7, 11) is 0. The van der Waals surface area contributed by atoms with E-state index >= 15 is 0 Å². The van der Waals surface area contributed by atoms with Crippen molar-refractivity contribution in [2.24, 2.45) is 5.92 Å². The lowest BCUT2D eigenvalue weighted by Gasteiger charge is -2.45. The standard InChI is InChI=1S/C26H46N2O5/c29-24(27-18-21-28-19-10-11-20-28)22-23-12-16-26(17-13-23)32-30-25(31-33-26)14-8-6-4-2-1-3-5-7-9-15-25/h23H,1-22H2,(H,27,29). The number of hydrogen-bond donors (Lipinski definition) is 1. The molecule has 0 radical (unpaired) electrons. The fraction of sp³-hybridized carbons (Fsp3) is 0.962. The molecular formula is C26H46N2O5. The maximum atomic E-state index is 12.4. The van der Waals surface area contributed by atoms with E-state index in [-0.39, 0.29) is 5.91 Å². The second-order valence-electron chi connectivity index (χ2n) is 10.9. The molecule has 33 heavy (non-hydrogen) atoms. The second kappa shape index (κ2) is 12.8. The van der Waals surface area contributed by atoms with Gasteiger partial charge >= 0.3 is 0 Å². The van der Waals surface area contributed by atoms with E-state index in [1.54, 1.807) is 0 Å². The summed E-state index contributed by atoms with van der Waals surface area (Å²) in [4.78, 5) is 38.7. The van der Waals surface area contributed by atoms with Gasteiger partial charge in [0.15, 0.2) is 0 Å². The fourth-order valence-corrected chi connectivity index (χ4v) is 5.83. The Morgan fingerprint density at radius 1 is 0.697 bits per heavy atom. The lowest BCUT2D eigenvalue weighted by atomic mass is 9.83. The van der Waals surface area contributed by atoms with Crippen molar-refractivity contribution in [2.75, 3.05) is 26.2 Å². The molecule has 0 unspecified atom stereocenters. The number of carbonyl (C=O) groups is 1. The molecule has 4 aliphatic rings. The van der Waals surface area contributed by atoms with Gasteiger partial charge < -0.3 is 10.2 Å². The molecule has 0 bridgehead atoms. The number of carbonyl (C=O) groups excluding carboxylic acids is 1. The Hall–Kier alpha value is -0.730. The van der Waals surface area contributed by atoms with Crippen molar-refractivity contribution < 1.29 is 24.3 Å². The largest absolute Gasteiger partial charge is 0.355 e. The van der Waals surface area contributed by atoms with E-state index < -0.39 is 11.6 Å². The average Bonchev–Trinajstić information content (AvgIpc) is 3.33. The van der Waals surface area contributed by atoms with Crippen LogP contribution in [-0.4, -0.2) is 48.6 Å². The van der Waals surface area contributed by atoms with Crippen molar-refractivity contribution in [3.63, 3.8) is 0 Å². The lowest BCUT2D eigenvalue weighted by molar-refractivity contribution is -0.662. The van der Waals surface area contributed by atoms with Crippen LogP contribution in [0.1, 0.15) is 116 Å². The third-order valence-electron chi connectivity index (χ3n) is 8.10. The predicted molar refractivity (Wildman–Crippen MR) is 126 cm³/mol. The first-order valence-corrected chi connectivity index (χ1v) is 13.9. The zero-order valence-corrected chi connectivity index (χ0v) is 20.6. The highest BCUT2D eigenvalue weighted by Gasteiger charge is 2.50. The van der Waals surface area contributed by atoms with E-state index in [9.17, 15) is 4.79 Å². The first kappa shape index (κ1) is 25.4. The summed E-state index contributed by atoms with van der Waals surface area (Å²) in [6.07, 6.45) is 19.2. The van der Waals surface area contributed by atoms with Crippen molar-refractivity contribution in [1.82, 2.24) is 10.2 Å². The Balaban J connectivity index is 1.16. The first-order valence-electron chi connectivity index (χ1n) is 13.9. The van der Waals surface area contributed by atoms with Crippen LogP contribution in [0.4, 0.5) is 0 Å². The van der Waals surface area contributed by atoms with Crippen LogP contribution in [0.5, 0.6) is 0 Å². The van der Waals surface area contributed by atoms with E-state index in [1.165, 1.54) is 70.9 Å². The average molecular weight is 467 g/mol. The molecule has 2 saturated carbocycles. The molecule has 0 atom stereocenters. The van der Waals surface area contributed by atoms with Gasteiger partial charge in [-0.25, -0.2) is 0 Å². The first-order chi connectivity index (χ1) is 16.2. The Kier molecular flexibility index (Phi) is 9.86. The molecular weight excluding hydrogens is 420 g/mol. The maximum absolute atomic E-state index is 12.4. The molecule has 4 rings (SSSR count). The van der Waals surface area contributed by atoms with Crippen LogP contribution in [0, 0.1) is 5.92 Å². The predicted octanol–water partition coefficient (Wildman–Crippen LogP) is 5.39. The number of rotatable bonds is 5. The summed E-state index contributed by atoms with van der Waals surface area (Å²) in [5.74, 6) is -1.03. The summed E-state index contributed by atoms with van der Waals surface area (Å²) in [5, 5.41) is 3.10. The van der Waals surface area contributed by atoms with Crippen molar-refractivity contribution in [2.45, 2.75) is 127 Å². The van der Waals surface area contributed by atoms with Crippen LogP contribution in [-0.2, 0) is 24.3 Å². The molecule has 0 aromatic rings. The van der Waals surface area contributed by atoms with Gasteiger partial charge in [-0.15, -0.1) is 0 Å². The molecule has 190 valence electrons. The summed E-state index contributed by atoms with van der Waals surface area (Å²) >= 11 is 0. The third-order valence-corrected chi connectivity index (χ3v) is 8.10. The Morgan fingerprint density at radius 3 is 1.73 bits per heavy atom. The van der Waals surface area contributed by atoms with Gasteiger partial charge in [-0.05, 0) is 57.5 Å². The molecule has 4 fully saturated rings. The van der Waals surface area contributed by atoms with Crippen LogP contribution in [0.3, 0.4) is 0 Å². The molecule has 1 amide bonds. The smallest absolute Gasteiger partial charge is 0.234 e.